The fourth-order valence-electron chi connectivity index (χ4n) is 0.357. The summed E-state index contributed by atoms with van der Waals surface area (Å²) in [4.78, 5) is 19.9. The number of halogens is 1. The molecule has 11 heavy (non-hydrogen) atoms. The summed E-state index contributed by atoms with van der Waals surface area (Å²) in [6.07, 6.45) is 0.0286. The fraction of sp³-hybridized carbons (Fsp3) is 0.333. The van der Waals surface area contributed by atoms with Crippen LogP contribution in [0.3, 0.4) is 0 Å². The molecule has 0 aliphatic rings. The van der Waals surface area contributed by atoms with Crippen molar-refractivity contribution in [3.63, 3.8) is 0 Å². The Kier molecular flexibility index (Phi) is 4.29. The topological polar surface area (TPSA) is 66.4 Å². The van der Waals surface area contributed by atoms with Crippen LogP contribution in [0.4, 0.5) is 4.79 Å². The van der Waals surface area contributed by atoms with Gasteiger partial charge >= 0.3 is 5.43 Å². The molecule has 0 unspecified atom stereocenters. The molecule has 0 amide bonds. The molecule has 0 bridgehead atoms. The first-order valence-electron chi connectivity index (χ1n) is 2.75. The molecular formula is C6H6ClO4-. The van der Waals surface area contributed by atoms with Gasteiger partial charge in [-0.05, 0) is 5.57 Å². The molecule has 0 saturated heterocycles. The smallest absolute Gasteiger partial charge is 0.403 e. The van der Waals surface area contributed by atoms with E-state index >= 15 is 0 Å². The summed E-state index contributed by atoms with van der Waals surface area (Å²) in [6, 6.07) is 0. The molecular weight excluding hydrogens is 172 g/mol. The fourth-order valence-corrected chi connectivity index (χ4v) is 0.434. The Morgan fingerprint density at radius 3 is 2.45 bits per heavy atom. The molecule has 0 heterocycles. The van der Waals surface area contributed by atoms with E-state index in [1.807, 2.05) is 0 Å². The second-order valence-corrected chi connectivity index (χ2v) is 2.04. The lowest BCUT2D eigenvalue weighted by Crippen LogP contribution is -2.24. The van der Waals surface area contributed by atoms with Crippen LogP contribution in [0.15, 0.2) is 12.2 Å². The van der Waals surface area contributed by atoms with Gasteiger partial charge in [-0.1, -0.05) is 6.58 Å². The second kappa shape index (κ2) is 4.73. The number of carbonyl (C=O) groups excluding carboxylic acids is 2. The number of rotatable bonds is 4. The molecule has 0 aromatic carbocycles. The Morgan fingerprint density at radius 1 is 1.55 bits per heavy atom. The standard InChI is InChI=1S/C6H7ClO4/c1-4(5(8)9)2-3-11-6(7)10/h1-3H2,(H,8,9)/p-1. The van der Waals surface area contributed by atoms with Crippen molar-refractivity contribution in [2.24, 2.45) is 0 Å². The van der Waals surface area contributed by atoms with E-state index in [0.29, 0.717) is 0 Å². The number of hydrogen-bond donors (Lipinski definition) is 0. The van der Waals surface area contributed by atoms with Gasteiger partial charge in [0.1, 0.15) is 0 Å². The summed E-state index contributed by atoms with van der Waals surface area (Å²) in [5, 5.41) is 9.99. The summed E-state index contributed by atoms with van der Waals surface area (Å²) in [6.45, 7) is 3.07. The van der Waals surface area contributed by atoms with E-state index in [9.17, 15) is 14.7 Å². The number of carboxylic acid groups (broad SMARTS) is 1. The third-order valence-corrected chi connectivity index (χ3v) is 1.02. The van der Waals surface area contributed by atoms with E-state index in [1.54, 1.807) is 0 Å². The molecule has 0 spiro atoms. The molecule has 0 saturated carbocycles. The first kappa shape index (κ1) is 9.97. The Morgan fingerprint density at radius 2 is 2.09 bits per heavy atom. The zero-order chi connectivity index (χ0) is 8.85. The van der Waals surface area contributed by atoms with Crippen LogP contribution in [-0.2, 0) is 9.53 Å². The largest absolute Gasteiger partial charge is 0.545 e. The van der Waals surface area contributed by atoms with Crippen molar-refractivity contribution in [2.45, 2.75) is 6.42 Å². The number of ether oxygens (including phenoxy) is 1. The SMILES string of the molecule is C=C(CCOC(=O)Cl)C(=O)[O-]. The average Bonchev–Trinajstić information content (AvgIpc) is 1.86. The van der Waals surface area contributed by atoms with Crippen LogP contribution in [0.25, 0.3) is 0 Å². The highest BCUT2D eigenvalue weighted by Crippen LogP contribution is 1.97. The number of aliphatic carboxylic acids is 1. The van der Waals surface area contributed by atoms with Crippen molar-refractivity contribution in [2.75, 3.05) is 6.61 Å². The highest BCUT2D eigenvalue weighted by Gasteiger charge is 1.98. The van der Waals surface area contributed by atoms with Gasteiger partial charge in [0.15, 0.2) is 0 Å². The van der Waals surface area contributed by atoms with E-state index in [1.165, 1.54) is 0 Å². The van der Waals surface area contributed by atoms with Crippen molar-refractivity contribution in [1.82, 2.24) is 0 Å². The first-order chi connectivity index (χ1) is 5.04. The molecule has 0 aromatic heterocycles. The molecule has 5 heteroatoms. The van der Waals surface area contributed by atoms with Crippen LogP contribution in [0.2, 0.25) is 0 Å². The predicted molar refractivity (Wildman–Crippen MR) is 36.0 cm³/mol. The molecule has 62 valence electrons. The number of carboxylic acids is 1. The van der Waals surface area contributed by atoms with Gasteiger partial charge in [-0.2, -0.15) is 0 Å². The van der Waals surface area contributed by atoms with E-state index in [4.69, 9.17) is 11.6 Å². The highest BCUT2D eigenvalue weighted by molar-refractivity contribution is 6.61. The third kappa shape index (κ3) is 5.42. The summed E-state index contributed by atoms with van der Waals surface area (Å²) in [5.74, 6) is -1.35. The van der Waals surface area contributed by atoms with Gasteiger partial charge < -0.3 is 14.6 Å². The zero-order valence-corrected chi connectivity index (χ0v) is 6.39. The predicted octanol–water partition coefficient (Wildman–Crippen LogP) is 0.0580. The molecule has 0 aliphatic carbocycles. The van der Waals surface area contributed by atoms with Gasteiger partial charge in [0.05, 0.1) is 12.6 Å². The second-order valence-electron chi connectivity index (χ2n) is 1.73. The van der Waals surface area contributed by atoms with Crippen molar-refractivity contribution in [3.8, 4) is 0 Å². The average molecular weight is 178 g/mol. The van der Waals surface area contributed by atoms with Crippen LogP contribution < -0.4 is 5.11 Å². The van der Waals surface area contributed by atoms with Gasteiger partial charge in [0.2, 0.25) is 0 Å². The summed E-state index contributed by atoms with van der Waals surface area (Å²) in [7, 11) is 0. The van der Waals surface area contributed by atoms with E-state index in [-0.39, 0.29) is 18.6 Å². The Balaban J connectivity index is 3.47. The van der Waals surface area contributed by atoms with Crippen molar-refractivity contribution in [1.29, 1.82) is 0 Å². The monoisotopic (exact) mass is 177 g/mol. The van der Waals surface area contributed by atoms with E-state index in [2.05, 4.69) is 11.3 Å². The van der Waals surface area contributed by atoms with Crippen LogP contribution >= 0.6 is 11.6 Å². The minimum atomic E-state index is -1.35. The van der Waals surface area contributed by atoms with Crippen LogP contribution in [0.1, 0.15) is 6.42 Å². The van der Waals surface area contributed by atoms with Crippen molar-refractivity contribution in [3.05, 3.63) is 12.2 Å². The van der Waals surface area contributed by atoms with Crippen molar-refractivity contribution < 1.29 is 19.4 Å². The van der Waals surface area contributed by atoms with E-state index < -0.39 is 11.4 Å². The molecule has 0 aliphatic heterocycles. The maximum Gasteiger partial charge on any atom is 0.403 e. The minimum absolute atomic E-state index is 0.0286. The van der Waals surface area contributed by atoms with Crippen molar-refractivity contribution >= 4 is 23.0 Å². The molecule has 0 aromatic rings. The maximum atomic E-state index is 9.99. The van der Waals surface area contributed by atoms with Crippen LogP contribution in [-0.4, -0.2) is 18.0 Å². The highest BCUT2D eigenvalue weighted by atomic mass is 35.5. The quantitative estimate of drug-likeness (QED) is 0.450. The van der Waals surface area contributed by atoms with Gasteiger partial charge in [-0.3, -0.25) is 0 Å². The molecule has 0 rings (SSSR count). The first-order valence-corrected chi connectivity index (χ1v) is 3.13. The molecule has 0 radical (unpaired) electrons. The normalized spacial score (nSPS) is 8.82. The molecule has 4 nitrogen and oxygen atoms in total. The molecule has 0 atom stereocenters. The third-order valence-electron chi connectivity index (χ3n) is 0.908. The number of hydrogen-bond acceptors (Lipinski definition) is 4. The van der Waals surface area contributed by atoms with Crippen LogP contribution in [0, 0.1) is 0 Å². The molecule has 0 N–H and O–H groups in total. The lowest BCUT2D eigenvalue weighted by Gasteiger charge is -2.04. The minimum Gasteiger partial charge on any atom is -0.545 e. The maximum absolute atomic E-state index is 9.99. The Labute approximate surface area is 68.4 Å². The Bertz CT molecular complexity index is 187. The summed E-state index contributed by atoms with van der Waals surface area (Å²) in [5.41, 5.74) is -1.08. The number of carbonyl (C=O) groups is 2. The van der Waals surface area contributed by atoms with Gasteiger partial charge in [-0.15, -0.1) is 0 Å². The zero-order valence-electron chi connectivity index (χ0n) is 5.63. The Hall–Kier alpha value is -1.03. The summed E-state index contributed by atoms with van der Waals surface area (Å²) < 4.78 is 4.24. The lowest BCUT2D eigenvalue weighted by molar-refractivity contribution is -0.299. The summed E-state index contributed by atoms with van der Waals surface area (Å²) >= 11 is 4.79. The van der Waals surface area contributed by atoms with Gasteiger partial charge in [0, 0.05) is 18.0 Å². The van der Waals surface area contributed by atoms with E-state index in [0.717, 1.165) is 0 Å². The molecule has 0 fully saturated rings. The van der Waals surface area contributed by atoms with Crippen LogP contribution in [0.5, 0.6) is 0 Å². The lowest BCUT2D eigenvalue weighted by atomic mass is 10.2. The van der Waals surface area contributed by atoms with Gasteiger partial charge in [0.25, 0.3) is 0 Å². The van der Waals surface area contributed by atoms with Gasteiger partial charge in [-0.25, -0.2) is 4.79 Å².